The number of rotatable bonds is 8. The van der Waals surface area contributed by atoms with Crippen LogP contribution in [0.2, 0.25) is 0 Å². The number of carbonyl (C=O) groups excluding carboxylic acids is 1. The number of aldehydes is 1. The van der Waals surface area contributed by atoms with Gasteiger partial charge in [0.05, 0.1) is 6.26 Å². The molecule has 36 heavy (non-hydrogen) atoms. The number of nitrogens with zero attached hydrogens (tertiary/aromatic N) is 2. The summed E-state index contributed by atoms with van der Waals surface area (Å²) < 4.78 is 32.8. The number of nitrogens with two attached hydrogens (primary N) is 1. The zero-order valence-electron chi connectivity index (χ0n) is 20.6. The monoisotopic (exact) mass is 509 g/mol. The second-order valence-corrected chi connectivity index (χ2v) is 8.16. The van der Waals surface area contributed by atoms with Gasteiger partial charge in [-0.3, -0.25) is 4.79 Å². The highest BCUT2D eigenvalue weighted by atomic mass is 32.2. The van der Waals surface area contributed by atoms with Crippen molar-refractivity contribution in [2.75, 3.05) is 11.9 Å². The maximum atomic E-state index is 15.1. The molecule has 0 aliphatic heterocycles. The molecule has 0 aromatic heterocycles. The van der Waals surface area contributed by atoms with Crippen molar-refractivity contribution in [1.82, 2.24) is 0 Å². The summed E-state index contributed by atoms with van der Waals surface area (Å²) in [5.41, 5.74) is 9.28. The molecule has 0 bridgehead atoms. The third-order valence-corrected chi connectivity index (χ3v) is 5.77. The number of benzene rings is 3. The molecule has 3 rings (SSSR count). The third kappa shape index (κ3) is 7.29. The number of hydrogen-bond acceptors (Lipinski definition) is 5. The lowest BCUT2D eigenvalue weighted by molar-refractivity contribution is -0.104. The number of amidine groups is 1. The van der Waals surface area contributed by atoms with Gasteiger partial charge in [0.1, 0.15) is 23.8 Å². The molecule has 3 N–H and O–H groups in total. The van der Waals surface area contributed by atoms with Crippen molar-refractivity contribution < 1.29 is 18.7 Å². The Labute approximate surface area is 214 Å². The van der Waals surface area contributed by atoms with Crippen molar-refractivity contribution in [1.29, 1.82) is 0 Å². The summed E-state index contributed by atoms with van der Waals surface area (Å²) in [7, 11) is 1.80. The lowest BCUT2D eigenvalue weighted by atomic mass is 10.0. The van der Waals surface area contributed by atoms with Gasteiger partial charge in [0.25, 0.3) is 0 Å². The Balaban J connectivity index is 0.00000222. The number of aliphatic hydroxyl groups is 1. The van der Waals surface area contributed by atoms with Crippen molar-refractivity contribution in [2.45, 2.75) is 25.7 Å². The van der Waals surface area contributed by atoms with Crippen molar-refractivity contribution in [3.8, 4) is 11.1 Å². The summed E-state index contributed by atoms with van der Waals surface area (Å²) in [6.07, 6.45) is 5.75. The quantitative estimate of drug-likeness (QED) is 0.0827. The molecule has 0 spiro atoms. The largest absolute Gasteiger partial charge is 0.515 e. The Kier molecular flexibility index (Phi) is 10.9. The fraction of sp³-hybridized carbons (Fsp3) is 0.143. The Morgan fingerprint density at radius 3 is 2.50 bits per heavy atom. The van der Waals surface area contributed by atoms with Gasteiger partial charge in [-0.1, -0.05) is 26.0 Å². The van der Waals surface area contributed by atoms with Gasteiger partial charge in [-0.15, -0.1) is 0 Å². The normalized spacial score (nSPS) is 11.4. The van der Waals surface area contributed by atoms with E-state index in [1.807, 2.05) is 43.9 Å². The van der Waals surface area contributed by atoms with Gasteiger partial charge < -0.3 is 15.7 Å². The number of anilines is 2. The zero-order valence-corrected chi connectivity index (χ0v) is 21.4. The first-order valence-electron chi connectivity index (χ1n) is 11.2. The summed E-state index contributed by atoms with van der Waals surface area (Å²) in [5, 5.41) is 8.77. The van der Waals surface area contributed by atoms with Crippen LogP contribution in [0, 0.1) is 18.6 Å². The molecule has 5 nitrogen and oxygen atoms in total. The van der Waals surface area contributed by atoms with Crippen LogP contribution in [-0.4, -0.2) is 24.3 Å². The topological polar surface area (TPSA) is 78.9 Å². The summed E-state index contributed by atoms with van der Waals surface area (Å²) >= 11 is 1.11. The van der Waals surface area contributed by atoms with E-state index in [1.54, 1.807) is 31.3 Å². The Morgan fingerprint density at radius 2 is 1.83 bits per heavy atom. The Bertz CT molecular complexity index is 1290. The fourth-order valence-corrected chi connectivity index (χ4v) is 4.00. The van der Waals surface area contributed by atoms with E-state index in [-0.39, 0.29) is 5.84 Å². The highest BCUT2D eigenvalue weighted by Crippen LogP contribution is 2.36. The maximum Gasteiger partial charge on any atom is 0.142 e. The van der Waals surface area contributed by atoms with Crippen LogP contribution in [-0.2, 0) is 4.79 Å². The second-order valence-electron chi connectivity index (χ2n) is 7.33. The SMILES string of the molecule is CC.Cc1cc(-c2cccc(F)c2)c(F)cc1N(C)c1ccc(S/N=C(N)/C=C\O)cc1/C=C\C=O. The molecule has 0 saturated heterocycles. The van der Waals surface area contributed by atoms with Crippen LogP contribution in [0.25, 0.3) is 17.2 Å². The standard InChI is InChI=1S/C26H23F2N3O2S.C2H6/c1-17-13-22(18-5-3-7-20(27)14-18)23(28)16-25(17)31(2)24-9-8-21(15-19(24)6-4-11-32)34-30-26(29)10-12-33;1-2/h3-16,33H,1-2H3,(H2,29,30);1-2H3/b6-4-,12-10-;. The summed E-state index contributed by atoms with van der Waals surface area (Å²) in [6.45, 7) is 5.85. The number of aliphatic hydroxyl groups excluding tert-OH is 1. The van der Waals surface area contributed by atoms with E-state index in [4.69, 9.17) is 10.8 Å². The van der Waals surface area contributed by atoms with Crippen LogP contribution in [0.5, 0.6) is 0 Å². The first-order chi connectivity index (χ1) is 17.3. The van der Waals surface area contributed by atoms with Crippen LogP contribution in [0.1, 0.15) is 25.0 Å². The summed E-state index contributed by atoms with van der Waals surface area (Å²) in [6, 6.07) is 14.4. The van der Waals surface area contributed by atoms with E-state index in [9.17, 15) is 9.18 Å². The van der Waals surface area contributed by atoms with Gasteiger partial charge >= 0.3 is 0 Å². The van der Waals surface area contributed by atoms with E-state index in [2.05, 4.69) is 4.40 Å². The highest BCUT2D eigenvalue weighted by molar-refractivity contribution is 7.98. The zero-order chi connectivity index (χ0) is 26.7. The van der Waals surface area contributed by atoms with E-state index in [0.717, 1.165) is 34.4 Å². The first-order valence-corrected chi connectivity index (χ1v) is 12.0. The van der Waals surface area contributed by atoms with Crippen molar-refractivity contribution in [3.63, 3.8) is 0 Å². The molecule has 3 aromatic rings. The molecule has 0 atom stereocenters. The minimum atomic E-state index is -0.475. The predicted molar refractivity (Wildman–Crippen MR) is 147 cm³/mol. The van der Waals surface area contributed by atoms with Gasteiger partial charge in [0, 0.05) is 46.9 Å². The maximum absolute atomic E-state index is 15.1. The van der Waals surface area contributed by atoms with Gasteiger partial charge in [-0.05, 0) is 78.2 Å². The second kappa shape index (κ2) is 13.8. The van der Waals surface area contributed by atoms with Gasteiger partial charge in [-0.25, -0.2) is 8.78 Å². The summed E-state index contributed by atoms with van der Waals surface area (Å²) in [4.78, 5) is 13.5. The molecule has 8 heteroatoms. The highest BCUT2D eigenvalue weighted by Gasteiger charge is 2.16. The van der Waals surface area contributed by atoms with Gasteiger partial charge in [0.15, 0.2) is 0 Å². The van der Waals surface area contributed by atoms with Gasteiger partial charge in [0.2, 0.25) is 0 Å². The molecular formula is C28H29F2N3O2S. The van der Waals surface area contributed by atoms with Crippen molar-refractivity contribution in [2.24, 2.45) is 10.1 Å². The van der Waals surface area contributed by atoms with Crippen LogP contribution in [0.15, 0.2) is 82.3 Å². The number of hydrogen-bond donors (Lipinski definition) is 2. The van der Waals surface area contributed by atoms with Gasteiger partial charge in [-0.2, -0.15) is 4.40 Å². The molecule has 0 fully saturated rings. The summed E-state index contributed by atoms with van der Waals surface area (Å²) in [5.74, 6) is -0.765. The lowest BCUT2D eigenvalue weighted by Gasteiger charge is -2.25. The van der Waals surface area contributed by atoms with E-state index >= 15 is 4.39 Å². The number of allylic oxidation sites excluding steroid dienone is 1. The average Bonchev–Trinajstić information content (AvgIpc) is 2.88. The Morgan fingerprint density at radius 1 is 1.08 bits per heavy atom. The van der Waals surface area contributed by atoms with Crippen LogP contribution >= 0.6 is 11.9 Å². The molecule has 3 aromatic carbocycles. The predicted octanol–water partition coefficient (Wildman–Crippen LogP) is 7.38. The molecule has 0 heterocycles. The molecule has 0 radical (unpaired) electrons. The van der Waals surface area contributed by atoms with Crippen LogP contribution < -0.4 is 10.6 Å². The molecule has 0 unspecified atom stereocenters. The average molecular weight is 510 g/mol. The van der Waals surface area contributed by atoms with Crippen LogP contribution in [0.4, 0.5) is 20.2 Å². The fourth-order valence-electron chi connectivity index (χ4n) is 3.42. The lowest BCUT2D eigenvalue weighted by Crippen LogP contribution is -2.13. The Hall–Kier alpha value is -3.91. The third-order valence-electron chi connectivity index (χ3n) is 5.00. The first kappa shape index (κ1) is 28.3. The number of halogens is 2. The van der Waals surface area contributed by atoms with E-state index < -0.39 is 11.6 Å². The van der Waals surface area contributed by atoms with Crippen molar-refractivity contribution in [3.05, 3.63) is 95.8 Å². The van der Waals surface area contributed by atoms with E-state index in [0.29, 0.717) is 28.7 Å². The minimum absolute atomic E-state index is 0.142. The number of aryl methyl sites for hydroxylation is 1. The van der Waals surface area contributed by atoms with Crippen molar-refractivity contribution >= 4 is 41.5 Å². The molecule has 188 valence electrons. The minimum Gasteiger partial charge on any atom is -0.515 e. The number of carbonyl (C=O) groups is 1. The van der Waals surface area contributed by atoms with Crippen LogP contribution in [0.3, 0.4) is 0 Å². The molecule has 0 amide bonds. The molecule has 0 aliphatic rings. The smallest absolute Gasteiger partial charge is 0.142 e. The molecular weight excluding hydrogens is 480 g/mol. The molecule has 0 aliphatic carbocycles. The van der Waals surface area contributed by atoms with E-state index in [1.165, 1.54) is 30.4 Å². The molecule has 0 saturated carbocycles.